The van der Waals surface area contributed by atoms with Gasteiger partial charge in [0.1, 0.15) is 0 Å². The molecule has 2 saturated heterocycles. The highest BCUT2D eigenvalue weighted by Gasteiger charge is 2.14. The quantitative estimate of drug-likeness (QED) is 0.268. The molecule has 0 aromatic carbocycles. The van der Waals surface area contributed by atoms with Gasteiger partial charge in [-0.05, 0) is 63.9 Å². The van der Waals surface area contributed by atoms with E-state index in [1.807, 2.05) is 7.05 Å². The van der Waals surface area contributed by atoms with Crippen molar-refractivity contribution < 1.29 is 0 Å². The average molecular weight is 454 g/mol. The largest absolute Gasteiger partial charge is 0.356 e. The van der Waals surface area contributed by atoms with Crippen LogP contribution >= 0.6 is 35.7 Å². The Kier molecular flexibility index (Phi) is 12.6. The molecule has 0 aromatic rings. The van der Waals surface area contributed by atoms with Gasteiger partial charge < -0.3 is 15.5 Å². The third-order valence-electron chi connectivity index (χ3n) is 4.62. The Balaban J connectivity index is 0.00000264. The lowest BCUT2D eigenvalue weighted by atomic mass is 10.1. The molecule has 4 nitrogen and oxygen atoms in total. The summed E-state index contributed by atoms with van der Waals surface area (Å²) < 4.78 is 0. The lowest BCUT2D eigenvalue weighted by molar-refractivity contribution is 0.224. The predicted octanol–water partition coefficient (Wildman–Crippen LogP) is 3.32. The SMILES string of the molecule is CN=C(NCCCCCN1CCCCC1)NC1CCCSC1.I. The lowest BCUT2D eigenvalue weighted by Crippen LogP contribution is -2.45. The monoisotopic (exact) mass is 454 g/mol. The molecule has 1 atom stereocenters. The summed E-state index contributed by atoms with van der Waals surface area (Å²) in [5.74, 6) is 3.53. The molecule has 2 heterocycles. The van der Waals surface area contributed by atoms with E-state index in [9.17, 15) is 0 Å². The smallest absolute Gasteiger partial charge is 0.191 e. The predicted molar refractivity (Wildman–Crippen MR) is 114 cm³/mol. The summed E-state index contributed by atoms with van der Waals surface area (Å²) in [7, 11) is 1.88. The number of rotatable bonds is 7. The van der Waals surface area contributed by atoms with Crippen LogP contribution in [-0.4, -0.2) is 61.6 Å². The Hall–Kier alpha value is 0.310. The zero-order chi connectivity index (χ0) is 15.5. The Bertz CT molecular complexity index is 316. The van der Waals surface area contributed by atoms with Crippen molar-refractivity contribution in [3.63, 3.8) is 0 Å². The minimum absolute atomic E-state index is 0. The molecule has 0 aromatic heterocycles. The maximum absolute atomic E-state index is 4.35. The molecule has 1 unspecified atom stereocenters. The minimum Gasteiger partial charge on any atom is -0.356 e. The highest BCUT2D eigenvalue weighted by atomic mass is 127. The van der Waals surface area contributed by atoms with Crippen LogP contribution in [-0.2, 0) is 0 Å². The molecule has 2 rings (SSSR count). The van der Waals surface area contributed by atoms with E-state index in [4.69, 9.17) is 0 Å². The van der Waals surface area contributed by atoms with E-state index < -0.39 is 0 Å². The van der Waals surface area contributed by atoms with Gasteiger partial charge in [-0.2, -0.15) is 11.8 Å². The summed E-state index contributed by atoms with van der Waals surface area (Å²) in [6.45, 7) is 4.99. The first-order chi connectivity index (χ1) is 10.9. The fourth-order valence-corrected chi connectivity index (χ4v) is 4.34. The Morgan fingerprint density at radius 2 is 1.96 bits per heavy atom. The lowest BCUT2D eigenvalue weighted by Gasteiger charge is -2.26. The van der Waals surface area contributed by atoms with E-state index in [1.165, 1.54) is 82.5 Å². The Labute approximate surface area is 164 Å². The molecule has 23 heavy (non-hydrogen) atoms. The third-order valence-corrected chi connectivity index (χ3v) is 5.83. The summed E-state index contributed by atoms with van der Waals surface area (Å²) in [5.41, 5.74) is 0. The van der Waals surface area contributed by atoms with Crippen LogP contribution in [0.1, 0.15) is 51.4 Å². The van der Waals surface area contributed by atoms with Gasteiger partial charge in [-0.25, -0.2) is 0 Å². The normalized spacial score (nSPS) is 23.2. The maximum atomic E-state index is 4.35. The van der Waals surface area contributed by atoms with Gasteiger partial charge in [-0.15, -0.1) is 24.0 Å². The number of likely N-dealkylation sites (tertiary alicyclic amines) is 1. The second-order valence-electron chi connectivity index (χ2n) is 6.52. The molecule has 2 aliphatic rings. The number of halogens is 1. The zero-order valence-corrected chi connectivity index (χ0v) is 17.8. The van der Waals surface area contributed by atoms with Crippen molar-refractivity contribution in [2.45, 2.75) is 57.4 Å². The van der Waals surface area contributed by atoms with Crippen LogP contribution in [0.5, 0.6) is 0 Å². The van der Waals surface area contributed by atoms with Crippen LogP contribution in [0.25, 0.3) is 0 Å². The van der Waals surface area contributed by atoms with E-state index >= 15 is 0 Å². The number of guanidine groups is 1. The van der Waals surface area contributed by atoms with Crippen LogP contribution in [0.15, 0.2) is 4.99 Å². The van der Waals surface area contributed by atoms with E-state index in [0.29, 0.717) is 6.04 Å². The number of nitrogens with one attached hydrogen (secondary N) is 2. The average Bonchev–Trinajstić information content (AvgIpc) is 2.58. The number of unbranched alkanes of at least 4 members (excludes halogenated alkanes) is 2. The van der Waals surface area contributed by atoms with Crippen molar-refractivity contribution in [3.05, 3.63) is 0 Å². The molecule has 2 fully saturated rings. The van der Waals surface area contributed by atoms with Crippen molar-refractivity contribution in [3.8, 4) is 0 Å². The van der Waals surface area contributed by atoms with Gasteiger partial charge in [0.05, 0.1) is 0 Å². The Morgan fingerprint density at radius 1 is 1.13 bits per heavy atom. The molecule has 0 spiro atoms. The molecule has 0 bridgehead atoms. The zero-order valence-electron chi connectivity index (χ0n) is 14.7. The molecule has 0 radical (unpaired) electrons. The van der Waals surface area contributed by atoms with Gasteiger partial charge in [0, 0.05) is 25.4 Å². The molecule has 136 valence electrons. The number of hydrogen-bond donors (Lipinski definition) is 2. The second-order valence-corrected chi connectivity index (χ2v) is 7.67. The third kappa shape index (κ3) is 9.39. The summed E-state index contributed by atoms with van der Waals surface area (Å²) in [6.07, 6.45) is 10.8. The first-order valence-electron chi connectivity index (χ1n) is 9.16. The van der Waals surface area contributed by atoms with E-state index in [-0.39, 0.29) is 24.0 Å². The van der Waals surface area contributed by atoms with Crippen LogP contribution < -0.4 is 10.6 Å². The first kappa shape index (κ1) is 21.4. The highest BCUT2D eigenvalue weighted by Crippen LogP contribution is 2.16. The maximum Gasteiger partial charge on any atom is 0.191 e. The van der Waals surface area contributed by atoms with Crippen LogP contribution in [0.2, 0.25) is 0 Å². The van der Waals surface area contributed by atoms with Gasteiger partial charge in [0.25, 0.3) is 0 Å². The number of thioether (sulfide) groups is 1. The van der Waals surface area contributed by atoms with Crippen molar-refractivity contribution in [2.24, 2.45) is 4.99 Å². The van der Waals surface area contributed by atoms with Gasteiger partial charge in [0.2, 0.25) is 0 Å². The summed E-state index contributed by atoms with van der Waals surface area (Å²) in [4.78, 5) is 6.99. The fourth-order valence-electron chi connectivity index (χ4n) is 3.27. The number of hydrogen-bond acceptors (Lipinski definition) is 3. The molecule has 2 aliphatic heterocycles. The van der Waals surface area contributed by atoms with E-state index in [0.717, 1.165) is 12.5 Å². The standard InChI is InChI=1S/C17H34N4S.HI/c1-18-17(20-16-9-8-14-22-15-16)19-10-4-2-5-11-21-12-6-3-7-13-21;/h16H,2-15H2,1H3,(H2,18,19,20);1H. The number of nitrogens with zero attached hydrogens (tertiary/aromatic N) is 2. The highest BCUT2D eigenvalue weighted by molar-refractivity contribution is 14.0. The molecule has 0 aliphatic carbocycles. The molecule has 2 N–H and O–H groups in total. The van der Waals surface area contributed by atoms with Gasteiger partial charge in [-0.1, -0.05) is 12.8 Å². The van der Waals surface area contributed by atoms with Crippen LogP contribution in [0.4, 0.5) is 0 Å². The second kappa shape index (κ2) is 13.6. The van der Waals surface area contributed by atoms with Crippen LogP contribution in [0.3, 0.4) is 0 Å². The number of piperidine rings is 1. The number of aliphatic imine (C=N–C) groups is 1. The first-order valence-corrected chi connectivity index (χ1v) is 10.3. The van der Waals surface area contributed by atoms with Gasteiger partial charge >= 0.3 is 0 Å². The molecule has 0 saturated carbocycles. The topological polar surface area (TPSA) is 39.7 Å². The van der Waals surface area contributed by atoms with E-state index in [1.54, 1.807) is 0 Å². The van der Waals surface area contributed by atoms with Gasteiger partial charge in [0.15, 0.2) is 5.96 Å². The van der Waals surface area contributed by atoms with E-state index in [2.05, 4.69) is 32.3 Å². The van der Waals surface area contributed by atoms with Crippen molar-refractivity contribution in [2.75, 3.05) is 44.7 Å². The summed E-state index contributed by atoms with van der Waals surface area (Å²) in [5, 5.41) is 7.03. The molecular weight excluding hydrogens is 419 g/mol. The summed E-state index contributed by atoms with van der Waals surface area (Å²) in [6, 6.07) is 0.601. The van der Waals surface area contributed by atoms with Gasteiger partial charge in [-0.3, -0.25) is 4.99 Å². The molecular formula is C17H35IN4S. The molecule has 6 heteroatoms. The van der Waals surface area contributed by atoms with Crippen molar-refractivity contribution in [1.82, 2.24) is 15.5 Å². The molecule has 0 amide bonds. The Morgan fingerprint density at radius 3 is 2.65 bits per heavy atom. The fraction of sp³-hybridized carbons (Fsp3) is 0.941. The van der Waals surface area contributed by atoms with Crippen molar-refractivity contribution in [1.29, 1.82) is 0 Å². The van der Waals surface area contributed by atoms with Crippen molar-refractivity contribution >= 4 is 41.7 Å². The minimum atomic E-state index is 0. The van der Waals surface area contributed by atoms with Crippen LogP contribution in [0, 0.1) is 0 Å². The summed E-state index contributed by atoms with van der Waals surface area (Å²) >= 11 is 2.05.